The molecule has 6 rings (SSSR count). The number of para-hydroxylation sites is 2. The molecule has 1 unspecified atom stereocenters. The summed E-state index contributed by atoms with van der Waals surface area (Å²) in [6, 6.07) is 32.0. The highest BCUT2D eigenvalue weighted by Crippen LogP contribution is 2.40. The molecule has 6 aromatic rings. The lowest BCUT2D eigenvalue weighted by atomic mass is 10.1. The highest BCUT2D eigenvalue weighted by Gasteiger charge is 2.34. The molecule has 2 aromatic heterocycles. The molecule has 0 saturated heterocycles. The van der Waals surface area contributed by atoms with E-state index in [1.54, 1.807) is 59.2 Å². The molecule has 2 heterocycles. The van der Waals surface area contributed by atoms with Crippen LogP contribution in [0.15, 0.2) is 119 Å². The van der Waals surface area contributed by atoms with Gasteiger partial charge in [-0.05, 0) is 55.8 Å². The molecule has 0 saturated carbocycles. The van der Waals surface area contributed by atoms with E-state index in [-0.39, 0.29) is 27.2 Å². The summed E-state index contributed by atoms with van der Waals surface area (Å²) in [6.07, 6.45) is 0. The number of nitrogens with zero attached hydrogens (tertiary/aromatic N) is 3. The van der Waals surface area contributed by atoms with Gasteiger partial charge in [0.2, 0.25) is 9.84 Å². The second-order valence-corrected chi connectivity index (χ2v) is 11.5. The topological polar surface area (TPSA) is 94.0 Å². The third-order valence-corrected chi connectivity index (χ3v) is 8.81. The number of fused-ring (bicyclic) bond motifs is 2. The summed E-state index contributed by atoms with van der Waals surface area (Å²) in [5.74, 6) is -0.314. The summed E-state index contributed by atoms with van der Waals surface area (Å²) in [4.78, 5) is 23.3. The first kappa shape index (κ1) is 25.5. The molecule has 198 valence electrons. The number of carbonyl (C=O) groups is 1. The molecule has 0 bridgehead atoms. The van der Waals surface area contributed by atoms with Crippen LogP contribution in [0.2, 0.25) is 0 Å². The first-order valence-electron chi connectivity index (χ1n) is 12.9. The Morgan fingerprint density at radius 3 is 2.00 bits per heavy atom. The number of carbonyl (C=O) groups excluding carboxylic acids is 1. The van der Waals surface area contributed by atoms with E-state index in [0.717, 1.165) is 11.1 Å². The fraction of sp³-hybridized carbons (Fsp3) is 0.0938. The van der Waals surface area contributed by atoms with Crippen molar-refractivity contribution in [2.75, 3.05) is 5.32 Å². The lowest BCUT2D eigenvalue weighted by molar-refractivity contribution is 0.102. The predicted octanol–water partition coefficient (Wildman–Crippen LogP) is 6.59. The third-order valence-electron chi connectivity index (χ3n) is 6.99. The Balaban J connectivity index is 1.71. The Labute approximate surface area is 232 Å². The van der Waals surface area contributed by atoms with E-state index in [2.05, 4.69) is 5.32 Å². The Hall–Kier alpha value is -4.82. The second-order valence-electron chi connectivity index (χ2n) is 9.66. The first-order chi connectivity index (χ1) is 19.3. The predicted molar refractivity (Wildman–Crippen MR) is 156 cm³/mol. The van der Waals surface area contributed by atoms with E-state index in [1.807, 2.05) is 68.4 Å². The summed E-state index contributed by atoms with van der Waals surface area (Å²) in [7, 11) is -4.14. The van der Waals surface area contributed by atoms with E-state index >= 15 is 0 Å². The van der Waals surface area contributed by atoms with Crippen LogP contribution in [-0.2, 0) is 9.84 Å². The van der Waals surface area contributed by atoms with Gasteiger partial charge < -0.3 is 9.88 Å². The maximum absolute atomic E-state index is 14.4. The Morgan fingerprint density at radius 2 is 1.35 bits per heavy atom. The van der Waals surface area contributed by atoms with Gasteiger partial charge >= 0.3 is 0 Å². The van der Waals surface area contributed by atoms with Gasteiger partial charge in [-0.15, -0.1) is 0 Å². The van der Waals surface area contributed by atoms with Gasteiger partial charge in [0, 0.05) is 5.56 Å². The van der Waals surface area contributed by atoms with E-state index in [4.69, 9.17) is 9.97 Å². The van der Waals surface area contributed by atoms with Crippen molar-refractivity contribution < 1.29 is 13.2 Å². The van der Waals surface area contributed by atoms with Gasteiger partial charge in [-0.25, -0.2) is 18.4 Å². The molecule has 1 N–H and O–H groups in total. The van der Waals surface area contributed by atoms with Crippen LogP contribution >= 0.6 is 0 Å². The highest BCUT2D eigenvalue weighted by atomic mass is 32.2. The summed E-state index contributed by atoms with van der Waals surface area (Å²) >= 11 is 0. The number of rotatable bonds is 6. The Kier molecular flexibility index (Phi) is 6.40. The molecule has 0 aliphatic rings. The normalized spacial score (nSPS) is 12.4. The number of amides is 1. The number of hydrogen-bond donors (Lipinski definition) is 1. The molecule has 7 nitrogen and oxygen atoms in total. The third kappa shape index (κ3) is 4.42. The van der Waals surface area contributed by atoms with E-state index in [0.29, 0.717) is 22.2 Å². The van der Waals surface area contributed by atoms with Crippen LogP contribution in [0.4, 0.5) is 5.82 Å². The summed E-state index contributed by atoms with van der Waals surface area (Å²) in [5.41, 5.74) is 3.99. The zero-order chi connectivity index (χ0) is 27.9. The van der Waals surface area contributed by atoms with E-state index in [9.17, 15) is 13.2 Å². The standard InChI is InChI=1S/C32H26N4O3S/c1-21-17-19-25(20-18-21)40(38,39)29-28-30(34-27-16-10-9-15-26(27)33-28)36(22(2)23-11-5-3-6-12-23)31(29)35-32(37)24-13-7-4-8-14-24/h3-20,22H,1-2H3,(H,35,37). The molecule has 0 aliphatic carbocycles. The van der Waals surface area contributed by atoms with Gasteiger partial charge in [0.15, 0.2) is 5.65 Å². The molecule has 8 heteroatoms. The van der Waals surface area contributed by atoms with Crippen LogP contribution in [0.1, 0.15) is 34.5 Å². The molecule has 0 aliphatic heterocycles. The SMILES string of the molecule is Cc1ccc(S(=O)(=O)c2c(NC(=O)c3ccccc3)n(C(C)c3ccccc3)c3nc4ccccc4nc23)cc1. The fourth-order valence-corrected chi connectivity index (χ4v) is 6.40. The Bertz CT molecular complexity index is 1970. The van der Waals surface area contributed by atoms with Crippen LogP contribution in [0, 0.1) is 6.92 Å². The monoisotopic (exact) mass is 546 g/mol. The van der Waals surface area contributed by atoms with Crippen LogP contribution in [-0.4, -0.2) is 28.9 Å². The quantitative estimate of drug-likeness (QED) is 0.254. The number of aromatic nitrogens is 3. The Morgan fingerprint density at radius 1 is 0.775 bits per heavy atom. The number of anilines is 1. The van der Waals surface area contributed by atoms with Gasteiger partial charge in [0.1, 0.15) is 16.2 Å². The number of sulfone groups is 1. The lowest BCUT2D eigenvalue weighted by Gasteiger charge is -2.20. The first-order valence-corrected chi connectivity index (χ1v) is 14.4. The second kappa shape index (κ2) is 10.1. The molecule has 1 amide bonds. The number of hydrogen-bond acceptors (Lipinski definition) is 5. The smallest absolute Gasteiger partial charge is 0.256 e. The van der Waals surface area contributed by atoms with Gasteiger partial charge in [-0.1, -0.05) is 78.4 Å². The lowest BCUT2D eigenvalue weighted by Crippen LogP contribution is -2.19. The van der Waals surface area contributed by atoms with Crippen LogP contribution in [0.25, 0.3) is 22.2 Å². The average molecular weight is 547 g/mol. The summed E-state index contributed by atoms with van der Waals surface area (Å²) in [5, 5.41) is 2.94. The van der Waals surface area contributed by atoms with Gasteiger partial charge in [0.05, 0.1) is 22.0 Å². The van der Waals surface area contributed by atoms with Crippen molar-refractivity contribution in [2.45, 2.75) is 29.7 Å². The summed E-state index contributed by atoms with van der Waals surface area (Å²) in [6.45, 7) is 3.85. The molecular weight excluding hydrogens is 520 g/mol. The van der Waals surface area contributed by atoms with E-state index < -0.39 is 15.7 Å². The van der Waals surface area contributed by atoms with Crippen molar-refractivity contribution >= 4 is 43.8 Å². The minimum Gasteiger partial charge on any atom is -0.307 e. The van der Waals surface area contributed by atoms with Crippen molar-refractivity contribution in [3.05, 3.63) is 126 Å². The number of aryl methyl sites for hydroxylation is 1. The van der Waals surface area contributed by atoms with Crippen molar-refractivity contribution in [3.63, 3.8) is 0 Å². The molecule has 0 spiro atoms. The van der Waals surface area contributed by atoms with Crippen molar-refractivity contribution in [1.29, 1.82) is 0 Å². The molecule has 1 atom stereocenters. The molecule has 0 radical (unpaired) electrons. The van der Waals surface area contributed by atoms with Crippen molar-refractivity contribution in [2.24, 2.45) is 0 Å². The van der Waals surface area contributed by atoms with E-state index in [1.165, 1.54) is 0 Å². The van der Waals surface area contributed by atoms with Gasteiger partial charge in [-0.2, -0.15) is 0 Å². The minimum absolute atomic E-state index is 0.0864. The average Bonchev–Trinajstić information content (AvgIpc) is 3.29. The molecular formula is C32H26N4O3S. The maximum Gasteiger partial charge on any atom is 0.256 e. The highest BCUT2D eigenvalue weighted by molar-refractivity contribution is 7.92. The summed E-state index contributed by atoms with van der Waals surface area (Å²) < 4.78 is 30.5. The van der Waals surface area contributed by atoms with Crippen molar-refractivity contribution in [3.8, 4) is 0 Å². The molecule has 4 aromatic carbocycles. The molecule has 40 heavy (non-hydrogen) atoms. The van der Waals surface area contributed by atoms with Crippen LogP contribution < -0.4 is 5.32 Å². The van der Waals surface area contributed by atoms with Gasteiger partial charge in [-0.3, -0.25) is 4.79 Å². The zero-order valence-corrected chi connectivity index (χ0v) is 22.8. The largest absolute Gasteiger partial charge is 0.307 e. The molecule has 0 fully saturated rings. The van der Waals surface area contributed by atoms with Crippen molar-refractivity contribution in [1.82, 2.24) is 14.5 Å². The number of nitrogens with one attached hydrogen (secondary N) is 1. The minimum atomic E-state index is -4.14. The van der Waals surface area contributed by atoms with Crippen LogP contribution in [0.3, 0.4) is 0 Å². The number of benzene rings is 4. The maximum atomic E-state index is 14.4. The zero-order valence-electron chi connectivity index (χ0n) is 21.9. The van der Waals surface area contributed by atoms with Gasteiger partial charge in [0.25, 0.3) is 5.91 Å². The van der Waals surface area contributed by atoms with Crippen LogP contribution in [0.5, 0.6) is 0 Å². The fourth-order valence-electron chi connectivity index (χ4n) is 4.87.